The fraction of sp³-hybridized carbons (Fsp3) is 0.167. The Morgan fingerprint density at radius 3 is 2.24 bits per heavy atom. The van der Waals surface area contributed by atoms with Gasteiger partial charge in [0.05, 0.1) is 12.3 Å². The molecule has 0 spiro atoms. The molecule has 0 heterocycles. The van der Waals surface area contributed by atoms with Crippen molar-refractivity contribution < 1.29 is 17.6 Å². The Kier molecular flexibility index (Phi) is 5.93. The first-order valence-electron chi connectivity index (χ1n) is 7.55. The lowest BCUT2D eigenvalue weighted by Gasteiger charge is -2.12. The zero-order valence-corrected chi connectivity index (χ0v) is 14.7. The molecular weight excluding hydrogens is 343 g/mol. The molecule has 25 heavy (non-hydrogen) atoms. The quantitative estimate of drug-likeness (QED) is 0.776. The third-order valence-electron chi connectivity index (χ3n) is 3.37. The standard InChI is InChI=1S/C18H19FN2O3S/c1-13(15-6-8-16(19)9-7-15)20-18(22)12-5-14-3-10-17(11-4-14)21-25(2,23)24/h3-13,21H,1-2H3,(H,20,22)/b12-5+/t13-/m1/s1. The number of rotatable bonds is 6. The van der Waals surface area contributed by atoms with Crippen LogP contribution in [0.1, 0.15) is 24.1 Å². The number of carbonyl (C=O) groups excluding carboxylic acids is 1. The van der Waals surface area contributed by atoms with Gasteiger partial charge >= 0.3 is 0 Å². The van der Waals surface area contributed by atoms with Gasteiger partial charge < -0.3 is 5.32 Å². The van der Waals surface area contributed by atoms with Crippen LogP contribution in [0.2, 0.25) is 0 Å². The maximum absolute atomic E-state index is 12.9. The van der Waals surface area contributed by atoms with Gasteiger partial charge in [-0.1, -0.05) is 24.3 Å². The average molecular weight is 362 g/mol. The number of amides is 1. The van der Waals surface area contributed by atoms with Crippen LogP contribution < -0.4 is 10.0 Å². The smallest absolute Gasteiger partial charge is 0.244 e. The highest BCUT2D eigenvalue weighted by Gasteiger charge is 2.07. The number of sulfonamides is 1. The number of carbonyl (C=O) groups is 1. The van der Waals surface area contributed by atoms with Crippen molar-refractivity contribution in [3.63, 3.8) is 0 Å². The van der Waals surface area contributed by atoms with Crippen LogP contribution in [0.5, 0.6) is 0 Å². The largest absolute Gasteiger partial charge is 0.346 e. The summed E-state index contributed by atoms with van der Waals surface area (Å²) >= 11 is 0. The van der Waals surface area contributed by atoms with E-state index >= 15 is 0 Å². The summed E-state index contributed by atoms with van der Waals surface area (Å²) in [5.74, 6) is -0.605. The van der Waals surface area contributed by atoms with Crippen LogP contribution in [0.4, 0.5) is 10.1 Å². The van der Waals surface area contributed by atoms with E-state index in [1.165, 1.54) is 18.2 Å². The van der Waals surface area contributed by atoms with Gasteiger partial charge in [0, 0.05) is 11.8 Å². The molecule has 0 aliphatic rings. The maximum atomic E-state index is 12.9. The van der Waals surface area contributed by atoms with Crippen LogP contribution in [-0.2, 0) is 14.8 Å². The lowest BCUT2D eigenvalue weighted by Crippen LogP contribution is -2.24. The summed E-state index contributed by atoms with van der Waals surface area (Å²) in [7, 11) is -3.31. The van der Waals surface area contributed by atoms with Gasteiger partial charge in [-0.3, -0.25) is 9.52 Å². The van der Waals surface area contributed by atoms with Crippen molar-refractivity contribution in [1.82, 2.24) is 5.32 Å². The van der Waals surface area contributed by atoms with E-state index in [-0.39, 0.29) is 17.8 Å². The summed E-state index contributed by atoms with van der Waals surface area (Å²) in [5, 5.41) is 2.79. The Morgan fingerprint density at radius 2 is 1.68 bits per heavy atom. The van der Waals surface area contributed by atoms with Crippen LogP contribution >= 0.6 is 0 Å². The van der Waals surface area contributed by atoms with Crippen molar-refractivity contribution in [3.8, 4) is 0 Å². The Hall–Kier alpha value is -2.67. The Morgan fingerprint density at radius 1 is 1.08 bits per heavy atom. The van der Waals surface area contributed by atoms with Gasteiger partial charge in [0.2, 0.25) is 15.9 Å². The monoisotopic (exact) mass is 362 g/mol. The highest BCUT2D eigenvalue weighted by atomic mass is 32.2. The van der Waals surface area contributed by atoms with Crippen molar-refractivity contribution >= 4 is 27.7 Å². The van der Waals surface area contributed by atoms with Gasteiger partial charge in [0.1, 0.15) is 5.82 Å². The van der Waals surface area contributed by atoms with Crippen LogP contribution in [0.25, 0.3) is 6.08 Å². The SMILES string of the molecule is C[C@@H](NC(=O)/C=C/c1ccc(NS(C)(=O)=O)cc1)c1ccc(F)cc1. The molecule has 2 rings (SSSR count). The van der Waals surface area contributed by atoms with E-state index < -0.39 is 10.0 Å². The number of hydrogen-bond donors (Lipinski definition) is 2. The lowest BCUT2D eigenvalue weighted by atomic mass is 10.1. The highest BCUT2D eigenvalue weighted by Crippen LogP contribution is 2.14. The predicted octanol–water partition coefficient (Wildman–Crippen LogP) is 3.09. The minimum absolute atomic E-state index is 0.251. The molecule has 0 aromatic heterocycles. The second kappa shape index (κ2) is 7.94. The third-order valence-corrected chi connectivity index (χ3v) is 3.98. The van der Waals surface area contributed by atoms with E-state index in [4.69, 9.17) is 0 Å². The topological polar surface area (TPSA) is 75.3 Å². The molecule has 0 saturated heterocycles. The van der Waals surface area contributed by atoms with Gasteiger partial charge in [-0.25, -0.2) is 12.8 Å². The van der Waals surface area contributed by atoms with Crippen molar-refractivity contribution in [2.75, 3.05) is 11.0 Å². The van der Waals surface area contributed by atoms with Crippen LogP contribution in [0.3, 0.4) is 0 Å². The molecule has 0 radical (unpaired) electrons. The number of hydrogen-bond acceptors (Lipinski definition) is 3. The zero-order valence-electron chi connectivity index (χ0n) is 13.9. The van der Waals surface area contributed by atoms with Crippen molar-refractivity contribution in [3.05, 3.63) is 71.6 Å². The Bertz CT molecular complexity index is 860. The molecule has 0 aliphatic carbocycles. The lowest BCUT2D eigenvalue weighted by molar-refractivity contribution is -0.117. The molecule has 0 fully saturated rings. The highest BCUT2D eigenvalue weighted by molar-refractivity contribution is 7.92. The summed E-state index contributed by atoms with van der Waals surface area (Å²) in [6, 6.07) is 12.3. The van der Waals surface area contributed by atoms with Gasteiger partial charge in [-0.05, 0) is 48.4 Å². The molecular formula is C18H19FN2O3S. The van der Waals surface area contributed by atoms with Crippen molar-refractivity contribution in [2.24, 2.45) is 0 Å². The number of anilines is 1. The van der Waals surface area contributed by atoms with Crippen LogP contribution in [0.15, 0.2) is 54.6 Å². The fourth-order valence-electron chi connectivity index (χ4n) is 2.14. The molecule has 0 bridgehead atoms. The second-order valence-electron chi connectivity index (χ2n) is 5.61. The average Bonchev–Trinajstić information content (AvgIpc) is 2.53. The molecule has 1 amide bonds. The molecule has 132 valence electrons. The van der Waals surface area contributed by atoms with Crippen molar-refractivity contribution in [1.29, 1.82) is 0 Å². The van der Waals surface area contributed by atoms with E-state index in [2.05, 4.69) is 10.0 Å². The minimum atomic E-state index is -3.31. The normalized spacial score (nSPS) is 12.8. The van der Waals surface area contributed by atoms with E-state index in [0.717, 1.165) is 17.4 Å². The summed E-state index contributed by atoms with van der Waals surface area (Å²) in [5.41, 5.74) is 2.01. The first-order valence-corrected chi connectivity index (χ1v) is 9.44. The molecule has 5 nitrogen and oxygen atoms in total. The van der Waals surface area contributed by atoms with Crippen LogP contribution in [0, 0.1) is 5.82 Å². The fourth-order valence-corrected chi connectivity index (χ4v) is 2.71. The summed E-state index contributed by atoms with van der Waals surface area (Å²) in [6.07, 6.45) is 4.09. The summed E-state index contributed by atoms with van der Waals surface area (Å²) in [6.45, 7) is 1.81. The molecule has 7 heteroatoms. The maximum Gasteiger partial charge on any atom is 0.244 e. The molecule has 2 aromatic rings. The number of nitrogens with one attached hydrogen (secondary N) is 2. The van der Waals surface area contributed by atoms with Gasteiger partial charge in [-0.2, -0.15) is 0 Å². The molecule has 1 atom stereocenters. The van der Waals surface area contributed by atoms with Crippen LogP contribution in [-0.4, -0.2) is 20.6 Å². The molecule has 0 saturated carbocycles. The van der Waals surface area contributed by atoms with E-state index in [1.54, 1.807) is 42.5 Å². The van der Waals surface area contributed by atoms with E-state index in [1.807, 2.05) is 6.92 Å². The Labute approximate surface area is 146 Å². The predicted molar refractivity (Wildman–Crippen MR) is 96.9 cm³/mol. The van der Waals surface area contributed by atoms with E-state index in [0.29, 0.717) is 5.69 Å². The van der Waals surface area contributed by atoms with Gasteiger partial charge in [0.15, 0.2) is 0 Å². The first kappa shape index (κ1) is 18.7. The van der Waals surface area contributed by atoms with E-state index in [9.17, 15) is 17.6 Å². The minimum Gasteiger partial charge on any atom is -0.346 e. The number of benzene rings is 2. The Balaban J connectivity index is 1.94. The van der Waals surface area contributed by atoms with Gasteiger partial charge in [0.25, 0.3) is 0 Å². The molecule has 0 unspecified atom stereocenters. The summed E-state index contributed by atoms with van der Waals surface area (Å²) < 4.78 is 37.5. The first-order chi connectivity index (χ1) is 11.7. The molecule has 2 N–H and O–H groups in total. The second-order valence-corrected chi connectivity index (χ2v) is 7.36. The zero-order chi connectivity index (χ0) is 18.4. The third kappa shape index (κ3) is 6.39. The molecule has 2 aromatic carbocycles. The molecule has 0 aliphatic heterocycles. The summed E-state index contributed by atoms with van der Waals surface area (Å²) in [4.78, 5) is 12.0. The van der Waals surface area contributed by atoms with Gasteiger partial charge in [-0.15, -0.1) is 0 Å². The number of halogens is 1. The van der Waals surface area contributed by atoms with Crippen molar-refractivity contribution in [2.45, 2.75) is 13.0 Å².